The van der Waals surface area contributed by atoms with E-state index < -0.39 is 0 Å². The lowest BCUT2D eigenvalue weighted by Gasteiger charge is -2.08. The van der Waals surface area contributed by atoms with Crippen LogP contribution in [-0.4, -0.2) is 6.54 Å². The van der Waals surface area contributed by atoms with E-state index in [9.17, 15) is 0 Å². The second-order valence-electron chi connectivity index (χ2n) is 3.44. The Morgan fingerprint density at radius 3 is 2.80 bits per heavy atom. The van der Waals surface area contributed by atoms with Crippen LogP contribution in [-0.2, 0) is 0 Å². The number of hydrogen-bond acceptors (Lipinski definition) is 2. The Labute approximate surface area is 99.4 Å². The summed E-state index contributed by atoms with van der Waals surface area (Å²) < 4.78 is 0.957. The van der Waals surface area contributed by atoms with Crippen LogP contribution >= 0.6 is 15.9 Å². The predicted octanol–water partition coefficient (Wildman–Crippen LogP) is 3.92. The zero-order valence-electron chi connectivity index (χ0n) is 8.89. The van der Waals surface area contributed by atoms with Gasteiger partial charge in [-0.3, -0.25) is 0 Å². The summed E-state index contributed by atoms with van der Waals surface area (Å²) in [5.74, 6) is 0. The molecule has 0 spiro atoms. The standard InChI is InChI=1S/C12H15BrN2/c1-2-3-4-7-15-12-6-5-10(9-14)8-11(12)13/h5-6,8,15H,2-4,7H2,1H3. The van der Waals surface area contributed by atoms with Crippen molar-refractivity contribution in [3.05, 3.63) is 28.2 Å². The van der Waals surface area contributed by atoms with Gasteiger partial charge in [0.15, 0.2) is 0 Å². The van der Waals surface area contributed by atoms with Gasteiger partial charge in [0.2, 0.25) is 0 Å². The molecule has 0 unspecified atom stereocenters. The summed E-state index contributed by atoms with van der Waals surface area (Å²) in [6, 6.07) is 7.71. The molecule has 1 aromatic rings. The van der Waals surface area contributed by atoms with Crippen LogP contribution in [0.15, 0.2) is 22.7 Å². The lowest BCUT2D eigenvalue weighted by molar-refractivity contribution is 0.743. The van der Waals surface area contributed by atoms with Crippen LogP contribution in [0.3, 0.4) is 0 Å². The third kappa shape index (κ3) is 3.93. The average Bonchev–Trinajstić information content (AvgIpc) is 2.26. The molecule has 0 saturated heterocycles. The Hall–Kier alpha value is -1.01. The molecule has 0 bridgehead atoms. The molecular formula is C12H15BrN2. The fraction of sp³-hybridized carbons (Fsp3) is 0.417. The van der Waals surface area contributed by atoms with E-state index in [1.165, 1.54) is 19.3 Å². The molecule has 0 atom stereocenters. The zero-order valence-corrected chi connectivity index (χ0v) is 10.5. The van der Waals surface area contributed by atoms with Crippen molar-refractivity contribution in [3.8, 4) is 6.07 Å². The summed E-state index contributed by atoms with van der Waals surface area (Å²) in [5.41, 5.74) is 1.74. The molecule has 3 heteroatoms. The molecule has 1 aromatic carbocycles. The number of anilines is 1. The van der Waals surface area contributed by atoms with Gasteiger partial charge in [-0.25, -0.2) is 0 Å². The van der Waals surface area contributed by atoms with Crippen LogP contribution in [0.2, 0.25) is 0 Å². The van der Waals surface area contributed by atoms with Gasteiger partial charge >= 0.3 is 0 Å². The quantitative estimate of drug-likeness (QED) is 0.820. The lowest BCUT2D eigenvalue weighted by Crippen LogP contribution is -2.01. The molecule has 0 aliphatic rings. The maximum atomic E-state index is 8.71. The van der Waals surface area contributed by atoms with E-state index in [4.69, 9.17) is 5.26 Å². The van der Waals surface area contributed by atoms with E-state index in [0.29, 0.717) is 5.56 Å². The molecule has 1 rings (SSSR count). The molecule has 0 aromatic heterocycles. The first-order chi connectivity index (χ1) is 7.27. The third-order valence-corrected chi connectivity index (χ3v) is 2.85. The Bertz CT molecular complexity index is 355. The summed E-state index contributed by atoms with van der Waals surface area (Å²) in [4.78, 5) is 0. The highest BCUT2D eigenvalue weighted by atomic mass is 79.9. The number of rotatable bonds is 5. The smallest absolute Gasteiger partial charge is 0.0992 e. The molecule has 15 heavy (non-hydrogen) atoms. The van der Waals surface area contributed by atoms with Crippen LogP contribution in [0.4, 0.5) is 5.69 Å². The van der Waals surface area contributed by atoms with Crippen LogP contribution < -0.4 is 5.32 Å². The number of hydrogen-bond donors (Lipinski definition) is 1. The van der Waals surface area contributed by atoms with Gasteiger partial charge < -0.3 is 5.32 Å². The van der Waals surface area contributed by atoms with E-state index in [1.807, 2.05) is 18.2 Å². The number of nitrogens with one attached hydrogen (secondary N) is 1. The van der Waals surface area contributed by atoms with E-state index >= 15 is 0 Å². The lowest BCUT2D eigenvalue weighted by atomic mass is 10.2. The molecule has 0 amide bonds. The Morgan fingerprint density at radius 1 is 1.40 bits per heavy atom. The molecule has 1 N–H and O–H groups in total. The van der Waals surface area contributed by atoms with Crippen molar-refractivity contribution in [2.24, 2.45) is 0 Å². The van der Waals surface area contributed by atoms with Crippen molar-refractivity contribution >= 4 is 21.6 Å². The highest BCUT2D eigenvalue weighted by molar-refractivity contribution is 9.10. The summed E-state index contributed by atoms with van der Waals surface area (Å²) in [6.45, 7) is 3.18. The maximum absolute atomic E-state index is 8.71. The molecule has 2 nitrogen and oxygen atoms in total. The Kier molecular flexibility index (Phi) is 5.20. The van der Waals surface area contributed by atoms with Crippen molar-refractivity contribution in [2.75, 3.05) is 11.9 Å². The number of benzene rings is 1. The summed E-state index contributed by atoms with van der Waals surface area (Å²) in [7, 11) is 0. The fourth-order valence-corrected chi connectivity index (χ4v) is 1.85. The maximum Gasteiger partial charge on any atom is 0.0992 e. The van der Waals surface area contributed by atoms with Crippen molar-refractivity contribution in [1.82, 2.24) is 0 Å². The van der Waals surface area contributed by atoms with E-state index in [-0.39, 0.29) is 0 Å². The van der Waals surface area contributed by atoms with Gasteiger partial charge in [0, 0.05) is 16.7 Å². The minimum atomic E-state index is 0.681. The van der Waals surface area contributed by atoms with Gasteiger partial charge in [-0.2, -0.15) is 5.26 Å². The molecule has 0 radical (unpaired) electrons. The second kappa shape index (κ2) is 6.47. The molecule has 0 saturated carbocycles. The van der Waals surface area contributed by atoms with E-state index in [1.54, 1.807) is 0 Å². The number of nitriles is 1. The Morgan fingerprint density at radius 2 is 2.20 bits per heavy atom. The van der Waals surface area contributed by atoms with Crippen LogP contribution in [0.25, 0.3) is 0 Å². The minimum Gasteiger partial charge on any atom is -0.384 e. The minimum absolute atomic E-state index is 0.681. The molecule has 80 valence electrons. The van der Waals surface area contributed by atoms with Gasteiger partial charge in [-0.1, -0.05) is 19.8 Å². The van der Waals surface area contributed by atoms with Crippen molar-refractivity contribution in [1.29, 1.82) is 5.26 Å². The van der Waals surface area contributed by atoms with Gasteiger partial charge in [-0.15, -0.1) is 0 Å². The predicted molar refractivity (Wildman–Crippen MR) is 66.9 cm³/mol. The molecule has 0 fully saturated rings. The zero-order chi connectivity index (χ0) is 11.1. The fourth-order valence-electron chi connectivity index (χ4n) is 1.33. The summed E-state index contributed by atoms with van der Waals surface area (Å²) in [6.07, 6.45) is 3.67. The molecule has 0 aliphatic carbocycles. The highest BCUT2D eigenvalue weighted by Gasteiger charge is 1.99. The normalized spacial score (nSPS) is 9.67. The second-order valence-corrected chi connectivity index (χ2v) is 4.29. The largest absolute Gasteiger partial charge is 0.384 e. The number of halogens is 1. The monoisotopic (exact) mass is 266 g/mol. The summed E-state index contributed by atoms with van der Waals surface area (Å²) in [5, 5.41) is 12.1. The van der Waals surface area contributed by atoms with Crippen molar-refractivity contribution in [3.63, 3.8) is 0 Å². The first-order valence-electron chi connectivity index (χ1n) is 5.21. The topological polar surface area (TPSA) is 35.8 Å². The first kappa shape index (κ1) is 12.1. The van der Waals surface area contributed by atoms with Crippen molar-refractivity contribution in [2.45, 2.75) is 26.2 Å². The van der Waals surface area contributed by atoms with Gasteiger partial charge in [0.05, 0.1) is 11.6 Å². The van der Waals surface area contributed by atoms with E-state index in [0.717, 1.165) is 16.7 Å². The van der Waals surface area contributed by atoms with Gasteiger partial charge in [0.1, 0.15) is 0 Å². The van der Waals surface area contributed by atoms with Crippen LogP contribution in [0, 0.1) is 11.3 Å². The Balaban J connectivity index is 2.52. The van der Waals surface area contributed by atoms with Crippen LogP contribution in [0.5, 0.6) is 0 Å². The van der Waals surface area contributed by atoms with E-state index in [2.05, 4.69) is 34.2 Å². The number of unbranched alkanes of at least 4 members (excludes halogenated alkanes) is 2. The summed E-state index contributed by atoms with van der Waals surface area (Å²) >= 11 is 3.44. The average molecular weight is 267 g/mol. The van der Waals surface area contributed by atoms with Crippen LogP contribution in [0.1, 0.15) is 31.7 Å². The molecule has 0 aliphatic heterocycles. The first-order valence-corrected chi connectivity index (χ1v) is 6.00. The highest BCUT2D eigenvalue weighted by Crippen LogP contribution is 2.23. The SMILES string of the molecule is CCCCCNc1ccc(C#N)cc1Br. The van der Waals surface area contributed by atoms with Crippen molar-refractivity contribution < 1.29 is 0 Å². The third-order valence-electron chi connectivity index (χ3n) is 2.19. The van der Waals surface area contributed by atoms with Gasteiger partial charge in [-0.05, 0) is 40.5 Å². The van der Waals surface area contributed by atoms with Gasteiger partial charge in [0.25, 0.3) is 0 Å². The molecule has 0 heterocycles. The molecular weight excluding hydrogens is 252 g/mol. The number of nitrogens with zero attached hydrogens (tertiary/aromatic N) is 1.